The molecule has 2 rings (SSSR count). The minimum atomic E-state index is -3.32. The molecular weight excluding hydrogens is 456 g/mol. The van der Waals surface area contributed by atoms with Crippen LogP contribution in [0.15, 0.2) is 29.3 Å². The number of aromatic nitrogens is 1. The zero-order valence-corrected chi connectivity index (χ0v) is 21.6. The summed E-state index contributed by atoms with van der Waals surface area (Å²) in [7, 11) is 4.10. The molecule has 1 aromatic heterocycles. The molecule has 0 atom stereocenters. The predicted molar refractivity (Wildman–Crippen MR) is 136 cm³/mol. The summed E-state index contributed by atoms with van der Waals surface area (Å²) in [6.07, 6.45) is 1.73. The summed E-state index contributed by atoms with van der Waals surface area (Å²) >= 11 is 1.44. The largest absolute Gasteiger partial charge is 0.367 e. The zero-order chi connectivity index (χ0) is 24.8. The Labute approximate surface area is 201 Å². The average molecular weight is 487 g/mol. The maximum atomic E-state index is 11.7. The lowest BCUT2D eigenvalue weighted by Crippen LogP contribution is -2.29. The number of anilines is 2. The van der Waals surface area contributed by atoms with E-state index < -0.39 is 10.0 Å². The van der Waals surface area contributed by atoms with Crippen LogP contribution in [0.1, 0.15) is 23.6 Å². The quantitative estimate of drug-likeness (QED) is 0.373. The Hall–Kier alpha value is -2.79. The van der Waals surface area contributed by atoms with Crippen molar-refractivity contribution in [1.82, 2.24) is 9.88 Å². The van der Waals surface area contributed by atoms with Crippen molar-refractivity contribution in [3.8, 4) is 6.07 Å². The fourth-order valence-electron chi connectivity index (χ4n) is 3.14. The van der Waals surface area contributed by atoms with Gasteiger partial charge in [0.15, 0.2) is 0 Å². The van der Waals surface area contributed by atoms with Gasteiger partial charge >= 0.3 is 0 Å². The highest BCUT2D eigenvalue weighted by Gasteiger charge is 2.22. The van der Waals surface area contributed by atoms with Gasteiger partial charge in [-0.05, 0) is 43.8 Å². The number of hydrogen-bond donors (Lipinski definition) is 0. The Balaban J connectivity index is 2.36. The number of rotatable bonds is 10. The second-order valence-corrected chi connectivity index (χ2v) is 10.9. The summed E-state index contributed by atoms with van der Waals surface area (Å²) < 4.78 is 24.7. The van der Waals surface area contributed by atoms with Gasteiger partial charge in [0, 0.05) is 32.9 Å². The van der Waals surface area contributed by atoms with Gasteiger partial charge in [0.25, 0.3) is 0 Å². The van der Waals surface area contributed by atoms with Crippen LogP contribution in [0.4, 0.5) is 17.2 Å². The molecule has 176 valence electrons. The molecule has 1 aromatic carbocycles. The molecule has 10 heteroatoms. The first-order valence-electron chi connectivity index (χ1n) is 10.4. The fraction of sp³-hybridized carbons (Fsp3) is 0.435. The van der Waals surface area contributed by atoms with Gasteiger partial charge in [0.05, 0.1) is 24.1 Å². The molecule has 0 bridgehead atoms. The van der Waals surface area contributed by atoms with Crippen LogP contribution in [0, 0.1) is 17.9 Å². The van der Waals surface area contributed by atoms with Gasteiger partial charge in [0.2, 0.25) is 15.7 Å². The van der Waals surface area contributed by atoms with Crippen molar-refractivity contribution in [3.05, 3.63) is 52.4 Å². The molecule has 2 aromatic rings. The number of hydrogen-bond acceptors (Lipinski definition) is 7. The highest BCUT2D eigenvalue weighted by molar-refractivity contribution is 7.98. The Morgan fingerprint density at radius 2 is 1.79 bits per heavy atom. The van der Waals surface area contributed by atoms with E-state index in [9.17, 15) is 13.7 Å². The van der Waals surface area contributed by atoms with Crippen LogP contribution >= 0.6 is 11.8 Å². The van der Waals surface area contributed by atoms with Gasteiger partial charge in [-0.1, -0.05) is 19.1 Å². The van der Waals surface area contributed by atoms with Crippen molar-refractivity contribution in [2.45, 2.75) is 24.1 Å². The Morgan fingerprint density at radius 3 is 2.27 bits per heavy atom. The van der Waals surface area contributed by atoms with E-state index in [2.05, 4.69) is 15.8 Å². The van der Waals surface area contributed by atoms with Gasteiger partial charge in [-0.25, -0.2) is 18.2 Å². The average Bonchev–Trinajstić information content (AvgIpc) is 2.79. The topological polar surface area (TPSA) is 84.9 Å². The Morgan fingerprint density at radius 1 is 1.15 bits per heavy atom. The second-order valence-electron chi connectivity index (χ2n) is 7.93. The van der Waals surface area contributed by atoms with Crippen LogP contribution < -0.4 is 9.21 Å². The number of benzene rings is 1. The van der Waals surface area contributed by atoms with Crippen LogP contribution in [-0.2, 0) is 22.2 Å². The first-order valence-corrected chi connectivity index (χ1v) is 13.2. The zero-order valence-electron chi connectivity index (χ0n) is 20.0. The monoisotopic (exact) mass is 486 g/mol. The number of likely N-dealkylation sites (N-methyl/N-ethyl adjacent to an activating group) is 2. The van der Waals surface area contributed by atoms with Crippen molar-refractivity contribution in [3.63, 3.8) is 0 Å². The highest BCUT2D eigenvalue weighted by atomic mass is 32.2. The summed E-state index contributed by atoms with van der Waals surface area (Å²) in [5.74, 6) is 1.15. The minimum Gasteiger partial charge on any atom is -0.367 e. The molecule has 8 nitrogen and oxygen atoms in total. The third kappa shape index (κ3) is 6.61. The molecule has 0 fully saturated rings. The summed E-state index contributed by atoms with van der Waals surface area (Å²) in [5.41, 5.74) is 3.18. The van der Waals surface area contributed by atoms with Gasteiger partial charge in [-0.3, -0.25) is 4.31 Å². The number of nitriles is 1. The molecule has 33 heavy (non-hydrogen) atoms. The third-order valence-electron chi connectivity index (χ3n) is 5.22. The van der Waals surface area contributed by atoms with Crippen molar-refractivity contribution in [2.75, 3.05) is 56.7 Å². The lowest BCUT2D eigenvalue weighted by Gasteiger charge is -2.24. The van der Waals surface area contributed by atoms with E-state index in [0.29, 0.717) is 46.5 Å². The van der Waals surface area contributed by atoms with E-state index in [4.69, 9.17) is 11.6 Å². The lowest BCUT2D eigenvalue weighted by molar-refractivity contribution is 0.416. The van der Waals surface area contributed by atoms with E-state index in [-0.39, 0.29) is 0 Å². The van der Waals surface area contributed by atoms with Crippen molar-refractivity contribution < 1.29 is 8.42 Å². The van der Waals surface area contributed by atoms with Crippen LogP contribution in [0.5, 0.6) is 0 Å². The SMILES string of the molecule is [C-]#[N+]c1c(N(C)CCN(C)C)nc(SCc2ccc(N(C)S(C)(=O)=O)cc2)c(C#N)c1CC. The van der Waals surface area contributed by atoms with Gasteiger partial charge < -0.3 is 9.80 Å². The van der Waals surface area contributed by atoms with Gasteiger partial charge in [-0.2, -0.15) is 5.26 Å². The van der Waals surface area contributed by atoms with E-state index in [1.807, 2.05) is 45.1 Å². The summed E-state index contributed by atoms with van der Waals surface area (Å²) in [4.78, 5) is 12.5. The molecule has 0 amide bonds. The highest BCUT2D eigenvalue weighted by Crippen LogP contribution is 2.38. The Kier molecular flexibility index (Phi) is 9.12. The first kappa shape index (κ1) is 26.5. The van der Waals surface area contributed by atoms with E-state index in [0.717, 1.165) is 23.9 Å². The summed E-state index contributed by atoms with van der Waals surface area (Å²) in [6, 6.07) is 9.51. The summed E-state index contributed by atoms with van der Waals surface area (Å²) in [5, 5.41) is 10.4. The van der Waals surface area contributed by atoms with E-state index in [1.54, 1.807) is 12.1 Å². The number of thioether (sulfide) groups is 1. The van der Waals surface area contributed by atoms with Crippen LogP contribution in [0.2, 0.25) is 0 Å². The fourth-order valence-corrected chi connectivity index (χ4v) is 4.60. The molecule has 0 spiro atoms. The lowest BCUT2D eigenvalue weighted by atomic mass is 10.1. The van der Waals surface area contributed by atoms with Crippen molar-refractivity contribution >= 4 is 39.0 Å². The molecule has 0 aliphatic heterocycles. The molecule has 0 unspecified atom stereocenters. The number of sulfonamides is 1. The molecule has 0 aliphatic rings. The Bertz CT molecular complexity index is 1170. The molecule has 0 saturated carbocycles. The smallest absolute Gasteiger partial charge is 0.232 e. The molecule has 0 radical (unpaired) electrons. The van der Waals surface area contributed by atoms with Crippen LogP contribution in [-0.4, -0.2) is 65.8 Å². The van der Waals surface area contributed by atoms with Crippen molar-refractivity contribution in [1.29, 1.82) is 5.26 Å². The van der Waals surface area contributed by atoms with Gasteiger partial charge in [-0.15, -0.1) is 11.8 Å². The maximum absolute atomic E-state index is 11.7. The second kappa shape index (κ2) is 11.4. The standard InChI is InChI=1S/C23H30N6O2S2/c1-8-19-20(15-24)23(26-22(21(19)25-2)28(5)14-13-27(3)4)32-16-17-9-11-18(12-10-17)29(6)33(7,30)31/h9-12H,8,13-14,16H2,1,3-7H3. The normalized spacial score (nSPS) is 11.2. The first-order chi connectivity index (χ1) is 15.5. The van der Waals surface area contributed by atoms with Gasteiger partial charge in [0.1, 0.15) is 16.9 Å². The minimum absolute atomic E-state index is 0.438. The van der Waals surface area contributed by atoms with E-state index >= 15 is 0 Å². The number of nitrogens with zero attached hydrogens (tertiary/aromatic N) is 6. The molecule has 1 heterocycles. The maximum Gasteiger partial charge on any atom is 0.232 e. The van der Waals surface area contributed by atoms with Crippen LogP contribution in [0.25, 0.3) is 4.85 Å². The molecule has 0 N–H and O–H groups in total. The molecule has 0 saturated heterocycles. The van der Waals surface area contributed by atoms with E-state index in [1.165, 1.54) is 23.1 Å². The molecular formula is C23H30N6O2S2. The predicted octanol–water partition coefficient (Wildman–Crippen LogP) is 3.75. The number of pyridine rings is 1. The summed E-state index contributed by atoms with van der Waals surface area (Å²) in [6.45, 7) is 11.2. The molecule has 0 aliphatic carbocycles. The third-order valence-corrected chi connectivity index (χ3v) is 7.47. The van der Waals surface area contributed by atoms with Crippen molar-refractivity contribution in [2.24, 2.45) is 0 Å². The van der Waals surface area contributed by atoms with Crippen LogP contribution in [0.3, 0.4) is 0 Å².